The topological polar surface area (TPSA) is 49.4 Å². The van der Waals surface area contributed by atoms with Crippen molar-refractivity contribution < 1.29 is 8.42 Å². The van der Waals surface area contributed by atoms with Crippen molar-refractivity contribution in [2.45, 2.75) is 26.3 Å². The molecule has 0 fully saturated rings. The first kappa shape index (κ1) is 15.6. The molecule has 0 aliphatic heterocycles. The fraction of sp³-hybridized carbons (Fsp3) is 0.667. The van der Waals surface area contributed by atoms with E-state index in [0.29, 0.717) is 19.1 Å². The normalized spacial score (nSPS) is 12.5. The lowest BCUT2D eigenvalue weighted by Gasteiger charge is -2.17. The van der Waals surface area contributed by atoms with Crippen LogP contribution in [0.2, 0.25) is 0 Å². The van der Waals surface area contributed by atoms with Gasteiger partial charge in [0.2, 0.25) is 10.0 Å². The summed E-state index contributed by atoms with van der Waals surface area (Å²) in [7, 11) is -1.48. The highest BCUT2D eigenvalue weighted by Gasteiger charge is 2.17. The Hall–Kier alpha value is -0.430. The number of thiophene rings is 1. The Kier molecular flexibility index (Phi) is 6.28. The molecule has 0 saturated carbocycles. The van der Waals surface area contributed by atoms with Crippen molar-refractivity contribution in [3.63, 3.8) is 0 Å². The summed E-state index contributed by atoms with van der Waals surface area (Å²) in [6.45, 7) is 5.06. The molecule has 1 aromatic rings. The van der Waals surface area contributed by atoms with E-state index in [1.54, 1.807) is 18.4 Å². The summed E-state index contributed by atoms with van der Waals surface area (Å²) in [4.78, 5) is 1.22. The number of nitrogens with zero attached hydrogens (tertiary/aromatic N) is 1. The van der Waals surface area contributed by atoms with Crippen LogP contribution in [0.4, 0.5) is 0 Å². The molecule has 0 amide bonds. The lowest BCUT2D eigenvalue weighted by molar-refractivity contribution is 0.470. The molecule has 0 unspecified atom stereocenters. The maximum absolute atomic E-state index is 12.0. The molecule has 1 N–H and O–H groups in total. The number of hydrogen-bond acceptors (Lipinski definition) is 4. The van der Waals surface area contributed by atoms with Gasteiger partial charge in [-0.25, -0.2) is 12.7 Å². The highest BCUT2D eigenvalue weighted by molar-refractivity contribution is 7.89. The van der Waals surface area contributed by atoms with E-state index in [-0.39, 0.29) is 5.75 Å². The smallest absolute Gasteiger partial charge is 0.215 e. The molecule has 1 heterocycles. The molecule has 0 bridgehead atoms. The van der Waals surface area contributed by atoms with Crippen LogP contribution in [0.1, 0.15) is 18.7 Å². The summed E-state index contributed by atoms with van der Waals surface area (Å²) in [6, 6.07) is 4.34. The first-order chi connectivity index (χ1) is 8.42. The molecule has 0 aliphatic rings. The predicted octanol–water partition coefficient (Wildman–Crippen LogP) is 1.55. The average molecular weight is 290 g/mol. The Labute approximate surface area is 114 Å². The van der Waals surface area contributed by atoms with Gasteiger partial charge in [-0.05, 0) is 17.9 Å². The Balaban J connectivity index is 2.36. The zero-order valence-corrected chi connectivity index (χ0v) is 12.9. The number of nitrogens with one attached hydrogen (secondary N) is 1. The molecule has 104 valence electrons. The van der Waals surface area contributed by atoms with Gasteiger partial charge >= 0.3 is 0 Å². The van der Waals surface area contributed by atoms with Gasteiger partial charge in [-0.15, -0.1) is 11.3 Å². The minimum absolute atomic E-state index is 0.159. The quantitative estimate of drug-likeness (QED) is 0.790. The molecule has 1 aromatic heterocycles. The van der Waals surface area contributed by atoms with E-state index in [0.717, 1.165) is 6.42 Å². The van der Waals surface area contributed by atoms with Gasteiger partial charge in [0.1, 0.15) is 0 Å². The highest BCUT2D eigenvalue weighted by atomic mass is 32.2. The molecular weight excluding hydrogens is 268 g/mol. The van der Waals surface area contributed by atoms with Crippen LogP contribution in [-0.2, 0) is 16.4 Å². The second-order valence-electron chi connectivity index (χ2n) is 4.58. The van der Waals surface area contributed by atoms with Crippen LogP contribution < -0.4 is 5.32 Å². The molecule has 0 aliphatic carbocycles. The molecule has 0 atom stereocenters. The van der Waals surface area contributed by atoms with Crippen LogP contribution in [0.3, 0.4) is 0 Å². The van der Waals surface area contributed by atoms with Gasteiger partial charge < -0.3 is 5.32 Å². The summed E-state index contributed by atoms with van der Waals surface area (Å²) in [5.74, 6) is 0.159. The Morgan fingerprint density at radius 2 is 2.17 bits per heavy atom. The number of hydrogen-bond donors (Lipinski definition) is 1. The van der Waals surface area contributed by atoms with E-state index < -0.39 is 10.0 Å². The standard InChI is InChI=1S/C12H22N2O2S2/c1-11(2)13-7-10-18(15,16)14(3)8-6-12-5-4-9-17-12/h4-5,9,11,13H,6-8,10H2,1-3H3. The van der Waals surface area contributed by atoms with Crippen molar-refractivity contribution in [3.8, 4) is 0 Å². The lowest BCUT2D eigenvalue weighted by atomic mass is 10.3. The maximum Gasteiger partial charge on any atom is 0.215 e. The SMILES string of the molecule is CC(C)NCCS(=O)(=O)N(C)CCc1cccs1. The van der Waals surface area contributed by atoms with Gasteiger partial charge in [-0.1, -0.05) is 19.9 Å². The molecular formula is C12H22N2O2S2. The Morgan fingerprint density at radius 1 is 1.44 bits per heavy atom. The summed E-state index contributed by atoms with van der Waals surface area (Å²) in [5.41, 5.74) is 0. The minimum atomic E-state index is -3.13. The van der Waals surface area contributed by atoms with E-state index in [2.05, 4.69) is 5.32 Å². The van der Waals surface area contributed by atoms with E-state index in [1.807, 2.05) is 31.4 Å². The molecule has 4 nitrogen and oxygen atoms in total. The summed E-state index contributed by atoms with van der Waals surface area (Å²) in [5, 5.41) is 5.13. The highest BCUT2D eigenvalue weighted by Crippen LogP contribution is 2.10. The minimum Gasteiger partial charge on any atom is -0.313 e. The van der Waals surface area contributed by atoms with E-state index >= 15 is 0 Å². The first-order valence-corrected chi connectivity index (χ1v) is 8.60. The van der Waals surface area contributed by atoms with E-state index in [9.17, 15) is 8.42 Å². The zero-order valence-electron chi connectivity index (χ0n) is 11.2. The lowest BCUT2D eigenvalue weighted by Crippen LogP contribution is -2.36. The summed E-state index contributed by atoms with van der Waals surface area (Å²) >= 11 is 1.66. The van der Waals surface area contributed by atoms with Gasteiger partial charge in [0, 0.05) is 31.1 Å². The summed E-state index contributed by atoms with van der Waals surface area (Å²) < 4.78 is 25.4. The Morgan fingerprint density at radius 3 is 2.72 bits per heavy atom. The Bertz CT molecular complexity index is 427. The number of sulfonamides is 1. The predicted molar refractivity (Wildman–Crippen MR) is 77.6 cm³/mol. The van der Waals surface area contributed by atoms with Crippen molar-refractivity contribution in [2.24, 2.45) is 0 Å². The van der Waals surface area contributed by atoms with Crippen LogP contribution in [0.5, 0.6) is 0 Å². The van der Waals surface area contributed by atoms with Gasteiger partial charge in [0.25, 0.3) is 0 Å². The summed E-state index contributed by atoms with van der Waals surface area (Å²) in [6.07, 6.45) is 0.783. The van der Waals surface area contributed by atoms with Gasteiger partial charge in [-0.2, -0.15) is 0 Å². The monoisotopic (exact) mass is 290 g/mol. The van der Waals surface area contributed by atoms with Crippen LogP contribution in [0.15, 0.2) is 17.5 Å². The van der Waals surface area contributed by atoms with Crippen molar-refractivity contribution in [1.82, 2.24) is 9.62 Å². The van der Waals surface area contributed by atoms with Gasteiger partial charge in [0.15, 0.2) is 0 Å². The molecule has 0 saturated heterocycles. The van der Waals surface area contributed by atoms with Crippen LogP contribution in [-0.4, -0.2) is 44.7 Å². The largest absolute Gasteiger partial charge is 0.313 e. The van der Waals surface area contributed by atoms with E-state index in [1.165, 1.54) is 9.18 Å². The number of rotatable bonds is 8. The van der Waals surface area contributed by atoms with Crippen LogP contribution in [0.25, 0.3) is 0 Å². The van der Waals surface area contributed by atoms with Crippen molar-refractivity contribution >= 4 is 21.4 Å². The fourth-order valence-electron chi connectivity index (χ4n) is 1.49. The second-order valence-corrected chi connectivity index (χ2v) is 7.80. The first-order valence-electron chi connectivity index (χ1n) is 6.11. The molecule has 6 heteroatoms. The molecule has 18 heavy (non-hydrogen) atoms. The van der Waals surface area contributed by atoms with Crippen LogP contribution >= 0.6 is 11.3 Å². The van der Waals surface area contributed by atoms with Gasteiger partial charge in [0.05, 0.1) is 5.75 Å². The van der Waals surface area contributed by atoms with E-state index in [4.69, 9.17) is 0 Å². The fourth-order valence-corrected chi connectivity index (χ4v) is 3.25. The zero-order chi connectivity index (χ0) is 13.6. The average Bonchev–Trinajstić information content (AvgIpc) is 2.77. The third-order valence-corrected chi connectivity index (χ3v) is 5.43. The van der Waals surface area contributed by atoms with Crippen LogP contribution in [0, 0.1) is 0 Å². The van der Waals surface area contributed by atoms with Crippen molar-refractivity contribution in [1.29, 1.82) is 0 Å². The number of likely N-dealkylation sites (N-methyl/N-ethyl adjacent to an activating group) is 1. The molecule has 0 aromatic carbocycles. The van der Waals surface area contributed by atoms with Gasteiger partial charge in [-0.3, -0.25) is 0 Å². The third-order valence-electron chi connectivity index (χ3n) is 2.64. The third kappa shape index (κ3) is 5.48. The van der Waals surface area contributed by atoms with Crippen molar-refractivity contribution in [3.05, 3.63) is 22.4 Å². The maximum atomic E-state index is 12.0. The van der Waals surface area contributed by atoms with Crippen molar-refractivity contribution in [2.75, 3.05) is 25.9 Å². The molecule has 0 spiro atoms. The molecule has 0 radical (unpaired) electrons. The second kappa shape index (κ2) is 7.23. The molecule has 1 rings (SSSR count).